The van der Waals surface area contributed by atoms with Crippen molar-refractivity contribution in [1.82, 2.24) is 19.6 Å². The van der Waals surface area contributed by atoms with E-state index in [2.05, 4.69) is 5.32 Å². The molecule has 5 heterocycles. The Hall–Kier alpha value is -4.79. The molecule has 2 aromatic carbocycles. The number of hydrogen-bond donors (Lipinski definition) is 1. The van der Waals surface area contributed by atoms with Crippen molar-refractivity contribution in [2.75, 3.05) is 11.4 Å². The molecule has 0 radical (unpaired) electrons. The van der Waals surface area contributed by atoms with E-state index in [-0.39, 0.29) is 18.5 Å². The standard InChI is InChI=1S/C29H23N5O4/c35-25-21-16-29(26(36)31-28(38)34(27(29)37)17-18-8-2-1-3-9-18)23-20-11-5-4-10-19(20)13-15-33(23)24(21)30-22-12-6-7-14-32(22)25/h1-12,14,23H,13,15-17H2,(H,31,36,38)/t23-,29+/m1/s1. The summed E-state index contributed by atoms with van der Waals surface area (Å²) in [5.74, 6) is -0.810. The Balaban J connectivity index is 1.47. The van der Waals surface area contributed by atoms with Crippen LogP contribution in [0.2, 0.25) is 0 Å². The van der Waals surface area contributed by atoms with E-state index < -0.39 is 29.3 Å². The summed E-state index contributed by atoms with van der Waals surface area (Å²) in [4.78, 5) is 63.0. The monoisotopic (exact) mass is 505 g/mol. The van der Waals surface area contributed by atoms with E-state index in [9.17, 15) is 19.2 Å². The molecule has 1 N–H and O–H groups in total. The molecule has 0 saturated carbocycles. The Morgan fingerprint density at radius 3 is 2.53 bits per heavy atom. The largest absolute Gasteiger partial charge is 0.347 e. The van der Waals surface area contributed by atoms with E-state index >= 15 is 0 Å². The van der Waals surface area contributed by atoms with Gasteiger partial charge in [-0.2, -0.15) is 0 Å². The van der Waals surface area contributed by atoms with Gasteiger partial charge in [0.1, 0.15) is 11.5 Å². The van der Waals surface area contributed by atoms with Crippen molar-refractivity contribution in [2.24, 2.45) is 5.41 Å². The number of nitrogens with zero attached hydrogens (tertiary/aromatic N) is 4. The van der Waals surface area contributed by atoms with Gasteiger partial charge in [-0.25, -0.2) is 9.78 Å². The van der Waals surface area contributed by atoms with Gasteiger partial charge in [0.25, 0.3) is 5.56 Å². The summed E-state index contributed by atoms with van der Waals surface area (Å²) in [7, 11) is 0. The van der Waals surface area contributed by atoms with Gasteiger partial charge in [0.05, 0.1) is 18.2 Å². The molecule has 9 nitrogen and oxygen atoms in total. The SMILES string of the molecule is O=C1NC(=O)[C@@]2(Cc3c(nc4ccccn4c3=O)N3CCc4ccccc4[C@@H]32)C(=O)N1Cc1ccccc1. The third-order valence-corrected chi connectivity index (χ3v) is 7.96. The number of fused-ring (bicyclic) bond motifs is 7. The Morgan fingerprint density at radius 1 is 0.921 bits per heavy atom. The number of hydrogen-bond acceptors (Lipinski definition) is 6. The molecule has 1 fully saturated rings. The van der Waals surface area contributed by atoms with E-state index in [1.165, 1.54) is 4.40 Å². The van der Waals surface area contributed by atoms with Gasteiger partial charge < -0.3 is 4.90 Å². The molecule has 0 aliphatic carbocycles. The van der Waals surface area contributed by atoms with Crippen LogP contribution in [0.1, 0.15) is 28.3 Å². The Bertz CT molecular complexity index is 1720. The molecule has 1 saturated heterocycles. The van der Waals surface area contributed by atoms with Gasteiger partial charge in [-0.1, -0.05) is 60.7 Å². The molecule has 3 aliphatic rings. The van der Waals surface area contributed by atoms with E-state index in [0.717, 1.165) is 21.6 Å². The Morgan fingerprint density at radius 2 is 1.68 bits per heavy atom. The third kappa shape index (κ3) is 3.01. The molecular formula is C29H23N5O4. The number of barbiturate groups is 1. The van der Waals surface area contributed by atoms with Gasteiger partial charge in [-0.3, -0.25) is 29.0 Å². The molecule has 7 rings (SSSR count). The fourth-order valence-electron chi connectivity index (χ4n) is 6.22. The average molecular weight is 506 g/mol. The van der Waals surface area contributed by atoms with Crippen LogP contribution >= 0.6 is 0 Å². The number of carbonyl (C=O) groups excluding carboxylic acids is 3. The molecule has 9 heteroatoms. The number of benzene rings is 2. The highest BCUT2D eigenvalue weighted by molar-refractivity contribution is 6.20. The van der Waals surface area contributed by atoms with E-state index in [0.29, 0.717) is 30.0 Å². The van der Waals surface area contributed by atoms with Crippen LogP contribution in [0.4, 0.5) is 10.6 Å². The molecule has 3 aliphatic heterocycles. The molecule has 1 spiro atoms. The number of rotatable bonds is 2. The van der Waals surface area contributed by atoms with Crippen molar-refractivity contribution in [3.05, 3.63) is 112 Å². The van der Waals surface area contributed by atoms with Crippen molar-refractivity contribution in [3.8, 4) is 0 Å². The number of carbonyl (C=O) groups is 3. The lowest BCUT2D eigenvalue weighted by atomic mass is 9.65. The summed E-state index contributed by atoms with van der Waals surface area (Å²) < 4.78 is 1.43. The van der Waals surface area contributed by atoms with Crippen LogP contribution in [0.5, 0.6) is 0 Å². The Kier molecular flexibility index (Phi) is 4.78. The second kappa shape index (κ2) is 8.11. The minimum Gasteiger partial charge on any atom is -0.347 e. The summed E-state index contributed by atoms with van der Waals surface area (Å²) in [6.07, 6.45) is 2.13. The predicted molar refractivity (Wildman–Crippen MR) is 138 cm³/mol. The van der Waals surface area contributed by atoms with Gasteiger partial charge in [0.2, 0.25) is 11.8 Å². The number of imide groups is 2. The lowest BCUT2D eigenvalue weighted by Gasteiger charge is -2.53. The lowest BCUT2D eigenvalue weighted by molar-refractivity contribution is -0.154. The topological polar surface area (TPSA) is 104 Å². The van der Waals surface area contributed by atoms with Crippen LogP contribution in [-0.4, -0.2) is 38.7 Å². The van der Waals surface area contributed by atoms with Crippen molar-refractivity contribution < 1.29 is 14.4 Å². The fraction of sp³-hybridized carbons (Fsp3) is 0.207. The fourth-order valence-corrected chi connectivity index (χ4v) is 6.22. The number of anilines is 1. The second-order valence-corrected chi connectivity index (χ2v) is 9.98. The highest BCUT2D eigenvalue weighted by Gasteiger charge is 2.64. The smallest absolute Gasteiger partial charge is 0.331 e. The van der Waals surface area contributed by atoms with E-state index in [1.807, 2.05) is 65.6 Å². The number of nitrogens with one attached hydrogen (secondary N) is 1. The normalized spacial score (nSPS) is 22.2. The highest BCUT2D eigenvalue weighted by atomic mass is 16.2. The number of urea groups is 1. The molecule has 4 amide bonds. The zero-order chi connectivity index (χ0) is 26.0. The van der Waals surface area contributed by atoms with E-state index in [4.69, 9.17) is 4.98 Å². The van der Waals surface area contributed by atoms with Crippen LogP contribution in [-0.2, 0) is 29.0 Å². The first-order valence-corrected chi connectivity index (χ1v) is 12.5. The maximum atomic E-state index is 14.5. The van der Waals surface area contributed by atoms with Gasteiger partial charge in [0, 0.05) is 19.2 Å². The van der Waals surface area contributed by atoms with Crippen LogP contribution in [0, 0.1) is 5.41 Å². The zero-order valence-corrected chi connectivity index (χ0v) is 20.3. The first kappa shape index (κ1) is 22.4. The molecule has 188 valence electrons. The van der Waals surface area contributed by atoms with Gasteiger partial charge >= 0.3 is 6.03 Å². The van der Waals surface area contributed by atoms with Crippen molar-refractivity contribution >= 4 is 29.3 Å². The second-order valence-electron chi connectivity index (χ2n) is 9.98. The number of pyridine rings is 1. The third-order valence-electron chi connectivity index (χ3n) is 7.96. The maximum absolute atomic E-state index is 14.5. The first-order chi connectivity index (χ1) is 18.5. The van der Waals surface area contributed by atoms with Crippen LogP contribution in [0.25, 0.3) is 5.65 Å². The highest BCUT2D eigenvalue weighted by Crippen LogP contribution is 2.52. The zero-order valence-electron chi connectivity index (χ0n) is 20.3. The maximum Gasteiger partial charge on any atom is 0.331 e. The van der Waals surface area contributed by atoms with Crippen LogP contribution in [0.3, 0.4) is 0 Å². The van der Waals surface area contributed by atoms with Crippen LogP contribution < -0.4 is 15.8 Å². The summed E-state index contributed by atoms with van der Waals surface area (Å²) in [5.41, 5.74) is 1.35. The van der Waals surface area contributed by atoms with E-state index in [1.54, 1.807) is 18.3 Å². The molecule has 2 aromatic heterocycles. The first-order valence-electron chi connectivity index (χ1n) is 12.5. The Labute approximate surface area is 217 Å². The number of amides is 4. The van der Waals surface area contributed by atoms with Gasteiger partial charge in [-0.15, -0.1) is 0 Å². The van der Waals surface area contributed by atoms with Crippen molar-refractivity contribution in [3.63, 3.8) is 0 Å². The average Bonchev–Trinajstić information content (AvgIpc) is 2.95. The summed E-state index contributed by atoms with van der Waals surface area (Å²) in [6.45, 7) is 0.482. The lowest BCUT2D eigenvalue weighted by Crippen LogP contribution is -2.70. The quantitative estimate of drug-likeness (QED) is 0.420. The molecule has 38 heavy (non-hydrogen) atoms. The molecule has 0 unspecified atom stereocenters. The molecular weight excluding hydrogens is 482 g/mol. The van der Waals surface area contributed by atoms with Gasteiger partial charge in [0.15, 0.2) is 5.41 Å². The van der Waals surface area contributed by atoms with Crippen molar-refractivity contribution in [1.29, 1.82) is 0 Å². The van der Waals surface area contributed by atoms with Crippen molar-refractivity contribution in [2.45, 2.75) is 25.4 Å². The molecule has 4 aromatic rings. The summed E-state index contributed by atoms with van der Waals surface area (Å²) in [6, 6.07) is 20.7. The van der Waals surface area contributed by atoms with Gasteiger partial charge in [-0.05, 0) is 35.2 Å². The number of aromatic nitrogens is 2. The van der Waals surface area contributed by atoms with Crippen LogP contribution in [0.15, 0.2) is 83.8 Å². The summed E-state index contributed by atoms with van der Waals surface area (Å²) >= 11 is 0. The minimum atomic E-state index is -1.73. The molecule has 0 bridgehead atoms. The minimum absolute atomic E-state index is 0.0106. The summed E-state index contributed by atoms with van der Waals surface area (Å²) in [5, 5.41) is 2.46. The predicted octanol–water partition coefficient (Wildman–Crippen LogP) is 2.62. The molecule has 2 atom stereocenters.